The van der Waals surface area contributed by atoms with Crippen LogP contribution < -0.4 is 0 Å². The lowest BCUT2D eigenvalue weighted by Gasteiger charge is -2.40. The summed E-state index contributed by atoms with van der Waals surface area (Å²) in [7, 11) is 0. The van der Waals surface area contributed by atoms with Crippen molar-refractivity contribution in [3.63, 3.8) is 0 Å². The summed E-state index contributed by atoms with van der Waals surface area (Å²) in [6.45, 7) is 5.40. The Bertz CT molecular complexity index is 925. The normalized spacial score (nSPS) is 23.8. The van der Waals surface area contributed by atoms with E-state index in [0.717, 1.165) is 22.3 Å². The summed E-state index contributed by atoms with van der Waals surface area (Å²) in [5, 5.41) is 0. The van der Waals surface area contributed by atoms with E-state index in [-0.39, 0.29) is 37.4 Å². The number of esters is 2. The molecule has 0 amide bonds. The van der Waals surface area contributed by atoms with Crippen molar-refractivity contribution < 1.29 is 28.5 Å². The summed E-state index contributed by atoms with van der Waals surface area (Å²) in [6.07, 6.45) is -0.0348. The molecule has 1 aliphatic carbocycles. The first-order valence-corrected chi connectivity index (χ1v) is 10.8. The van der Waals surface area contributed by atoms with Crippen LogP contribution in [0.1, 0.15) is 25.0 Å². The minimum atomic E-state index is -0.893. The number of carbonyl (C=O) groups excluding carboxylic acids is 2. The molecule has 4 atom stereocenters. The topological polar surface area (TPSA) is 77.7 Å². The molecule has 4 unspecified atom stereocenters. The van der Waals surface area contributed by atoms with Gasteiger partial charge in [0.15, 0.2) is 0 Å². The van der Waals surface area contributed by atoms with Gasteiger partial charge in [0, 0.05) is 5.41 Å². The Morgan fingerprint density at radius 1 is 0.839 bits per heavy atom. The molecule has 31 heavy (non-hydrogen) atoms. The number of hydrogen-bond donors (Lipinski definition) is 0. The highest BCUT2D eigenvalue weighted by atomic mass is 16.6. The third-order valence-corrected chi connectivity index (χ3v) is 6.74. The molecule has 2 heterocycles. The zero-order valence-corrected chi connectivity index (χ0v) is 17.7. The van der Waals surface area contributed by atoms with Gasteiger partial charge in [-0.1, -0.05) is 62.4 Å². The SMILES string of the molecule is CC(C(=O)OCC1CO1)C1(C(C)C(=O)OCC2CO2)c2ccccc2-c2ccccc21. The Labute approximate surface area is 181 Å². The van der Waals surface area contributed by atoms with Crippen molar-refractivity contribution in [2.24, 2.45) is 11.8 Å². The van der Waals surface area contributed by atoms with E-state index in [0.29, 0.717) is 13.2 Å². The van der Waals surface area contributed by atoms with E-state index in [2.05, 4.69) is 0 Å². The van der Waals surface area contributed by atoms with Gasteiger partial charge in [-0.05, 0) is 22.3 Å². The van der Waals surface area contributed by atoms with Crippen LogP contribution in [0.25, 0.3) is 11.1 Å². The van der Waals surface area contributed by atoms with Gasteiger partial charge in [-0.3, -0.25) is 9.59 Å². The molecule has 6 heteroatoms. The van der Waals surface area contributed by atoms with Crippen LogP contribution in [0.15, 0.2) is 48.5 Å². The van der Waals surface area contributed by atoms with Crippen molar-refractivity contribution in [1.82, 2.24) is 0 Å². The summed E-state index contributed by atoms with van der Waals surface area (Å²) in [6, 6.07) is 16.0. The van der Waals surface area contributed by atoms with Gasteiger partial charge >= 0.3 is 11.9 Å². The first-order chi connectivity index (χ1) is 15.0. The fourth-order valence-electron chi connectivity index (χ4n) is 4.91. The van der Waals surface area contributed by atoms with Crippen LogP contribution in [-0.4, -0.2) is 50.6 Å². The Balaban J connectivity index is 1.58. The molecule has 5 rings (SSSR count). The van der Waals surface area contributed by atoms with Crippen molar-refractivity contribution in [1.29, 1.82) is 0 Å². The zero-order chi connectivity index (χ0) is 21.6. The van der Waals surface area contributed by atoms with E-state index in [4.69, 9.17) is 18.9 Å². The zero-order valence-electron chi connectivity index (χ0n) is 17.7. The minimum Gasteiger partial charge on any atom is -0.463 e. The maximum Gasteiger partial charge on any atom is 0.310 e. The van der Waals surface area contributed by atoms with E-state index in [1.54, 1.807) is 0 Å². The number of rotatable bonds is 8. The summed E-state index contributed by atoms with van der Waals surface area (Å²) in [4.78, 5) is 26.5. The molecule has 0 spiro atoms. The number of epoxide rings is 2. The number of fused-ring (bicyclic) bond motifs is 3. The van der Waals surface area contributed by atoms with Crippen molar-refractivity contribution in [3.8, 4) is 11.1 Å². The summed E-state index contributed by atoms with van der Waals surface area (Å²) in [5.41, 5.74) is 3.09. The molecule has 2 aromatic rings. The van der Waals surface area contributed by atoms with Gasteiger partial charge in [0.25, 0.3) is 0 Å². The predicted molar refractivity (Wildman–Crippen MR) is 112 cm³/mol. The Kier molecular flexibility index (Phi) is 5.07. The molecule has 2 fully saturated rings. The van der Waals surface area contributed by atoms with Crippen molar-refractivity contribution >= 4 is 11.9 Å². The second-order valence-electron chi connectivity index (χ2n) is 8.57. The predicted octanol–water partition coefficient (Wildman–Crippen LogP) is 3.11. The monoisotopic (exact) mass is 422 g/mol. The molecule has 3 aliphatic rings. The average Bonchev–Trinajstić information content (AvgIpc) is 3.72. The number of hydrogen-bond acceptors (Lipinski definition) is 6. The number of benzene rings is 2. The van der Waals surface area contributed by atoms with Crippen LogP contribution >= 0.6 is 0 Å². The fourth-order valence-corrected chi connectivity index (χ4v) is 4.91. The highest BCUT2D eigenvalue weighted by Gasteiger charge is 2.56. The van der Waals surface area contributed by atoms with Crippen LogP contribution in [0.4, 0.5) is 0 Å². The second kappa shape index (κ2) is 7.77. The van der Waals surface area contributed by atoms with Gasteiger partial charge in [-0.2, -0.15) is 0 Å². The van der Waals surface area contributed by atoms with E-state index >= 15 is 0 Å². The first kappa shape index (κ1) is 20.2. The standard InChI is InChI=1S/C25H26O6/c1-15(23(26)30-13-17-11-28-17)25(16(2)24(27)31-14-18-12-29-18)21-9-5-3-7-19(21)20-8-4-6-10-22(20)25/h3-10,15-18H,11-14H2,1-2H3. The van der Waals surface area contributed by atoms with Crippen molar-refractivity contribution in [3.05, 3.63) is 59.7 Å². The van der Waals surface area contributed by atoms with Gasteiger partial charge < -0.3 is 18.9 Å². The molecule has 2 aromatic carbocycles. The second-order valence-corrected chi connectivity index (χ2v) is 8.57. The third kappa shape index (κ3) is 3.44. The number of carbonyl (C=O) groups is 2. The molecule has 0 N–H and O–H groups in total. The van der Waals surface area contributed by atoms with E-state index in [1.807, 2.05) is 62.4 Å². The van der Waals surface area contributed by atoms with Crippen LogP contribution in [-0.2, 0) is 34.0 Å². The lowest BCUT2D eigenvalue weighted by Crippen LogP contribution is -2.47. The largest absolute Gasteiger partial charge is 0.463 e. The molecular weight excluding hydrogens is 396 g/mol. The van der Waals surface area contributed by atoms with Gasteiger partial charge in [0.2, 0.25) is 0 Å². The van der Waals surface area contributed by atoms with Crippen molar-refractivity contribution in [2.45, 2.75) is 31.5 Å². The van der Waals surface area contributed by atoms with Gasteiger partial charge in [-0.15, -0.1) is 0 Å². The highest BCUT2D eigenvalue weighted by molar-refractivity contribution is 5.90. The average molecular weight is 422 g/mol. The van der Waals surface area contributed by atoms with Gasteiger partial charge in [-0.25, -0.2) is 0 Å². The first-order valence-electron chi connectivity index (χ1n) is 10.8. The Morgan fingerprint density at radius 3 is 1.61 bits per heavy atom. The van der Waals surface area contributed by atoms with Gasteiger partial charge in [0.05, 0.1) is 25.0 Å². The molecule has 0 saturated carbocycles. The van der Waals surface area contributed by atoms with Crippen molar-refractivity contribution in [2.75, 3.05) is 26.4 Å². The van der Waals surface area contributed by atoms with Gasteiger partial charge in [0.1, 0.15) is 25.4 Å². The molecule has 2 saturated heterocycles. The summed E-state index contributed by atoms with van der Waals surface area (Å²) in [5.74, 6) is -1.88. The molecule has 6 nitrogen and oxygen atoms in total. The molecule has 162 valence electrons. The lowest BCUT2D eigenvalue weighted by atomic mass is 9.61. The lowest BCUT2D eigenvalue weighted by molar-refractivity contribution is -0.156. The van der Waals surface area contributed by atoms with E-state index in [1.165, 1.54) is 0 Å². The van der Waals surface area contributed by atoms with Crippen LogP contribution in [0.3, 0.4) is 0 Å². The third-order valence-electron chi connectivity index (χ3n) is 6.74. The minimum absolute atomic E-state index is 0.0174. The Morgan fingerprint density at radius 2 is 1.23 bits per heavy atom. The smallest absolute Gasteiger partial charge is 0.310 e. The number of ether oxygens (including phenoxy) is 4. The molecule has 0 radical (unpaired) electrons. The quantitative estimate of drug-likeness (QED) is 0.481. The van der Waals surface area contributed by atoms with Crippen LogP contribution in [0, 0.1) is 11.8 Å². The van der Waals surface area contributed by atoms with Crippen LogP contribution in [0.5, 0.6) is 0 Å². The maximum absolute atomic E-state index is 13.2. The molecular formula is C25H26O6. The van der Waals surface area contributed by atoms with E-state index < -0.39 is 17.3 Å². The molecule has 0 bridgehead atoms. The summed E-state index contributed by atoms with van der Waals surface area (Å²) < 4.78 is 21.6. The highest BCUT2D eigenvalue weighted by Crippen LogP contribution is 2.57. The molecule has 2 aliphatic heterocycles. The fraction of sp³-hybridized carbons (Fsp3) is 0.440. The summed E-state index contributed by atoms with van der Waals surface area (Å²) >= 11 is 0. The molecule has 0 aromatic heterocycles. The Hall–Kier alpha value is -2.70. The van der Waals surface area contributed by atoms with E-state index in [9.17, 15) is 9.59 Å². The van der Waals surface area contributed by atoms with Crippen LogP contribution in [0.2, 0.25) is 0 Å². The maximum atomic E-state index is 13.2.